The Kier molecular flexibility index (Phi) is 5.45. The van der Waals surface area contributed by atoms with Gasteiger partial charge in [-0.1, -0.05) is 41.4 Å². The summed E-state index contributed by atoms with van der Waals surface area (Å²) in [4.78, 5) is 24.2. The van der Waals surface area contributed by atoms with Crippen LogP contribution >= 0.6 is 23.2 Å². The highest BCUT2D eigenvalue weighted by Crippen LogP contribution is 2.24. The Morgan fingerprint density at radius 2 is 2.00 bits per heavy atom. The summed E-state index contributed by atoms with van der Waals surface area (Å²) < 4.78 is 1.00. The molecule has 7 heteroatoms. The third kappa shape index (κ3) is 4.05. The Balaban J connectivity index is 1.69. The van der Waals surface area contributed by atoms with Crippen molar-refractivity contribution in [2.75, 3.05) is 0 Å². The lowest BCUT2D eigenvalue weighted by atomic mass is 9.89. The summed E-state index contributed by atoms with van der Waals surface area (Å²) >= 11 is 11.5. The van der Waals surface area contributed by atoms with Gasteiger partial charge in [0.15, 0.2) is 0 Å². The van der Waals surface area contributed by atoms with Crippen molar-refractivity contribution in [3.8, 4) is 0 Å². The van der Waals surface area contributed by atoms with Gasteiger partial charge < -0.3 is 5.32 Å². The van der Waals surface area contributed by atoms with Crippen LogP contribution in [0.3, 0.4) is 0 Å². The quantitative estimate of drug-likeness (QED) is 0.885. The number of amides is 1. The zero-order valence-corrected chi connectivity index (χ0v) is 15.4. The summed E-state index contributed by atoms with van der Waals surface area (Å²) in [6, 6.07) is 6.22. The van der Waals surface area contributed by atoms with Crippen LogP contribution in [0.15, 0.2) is 29.2 Å². The van der Waals surface area contributed by atoms with E-state index < -0.39 is 5.56 Å². The van der Waals surface area contributed by atoms with E-state index in [-0.39, 0.29) is 28.5 Å². The molecule has 1 aliphatic rings. The van der Waals surface area contributed by atoms with E-state index in [2.05, 4.69) is 28.6 Å². The molecule has 0 unspecified atom stereocenters. The molecule has 1 heterocycles. The second kappa shape index (κ2) is 7.58. The number of carbonyl (C=O) groups is 1. The van der Waals surface area contributed by atoms with Crippen molar-refractivity contribution in [3.05, 3.63) is 61.5 Å². The van der Waals surface area contributed by atoms with Crippen molar-refractivity contribution in [2.24, 2.45) is 0 Å². The Morgan fingerprint density at radius 1 is 1.28 bits per heavy atom. The summed E-state index contributed by atoms with van der Waals surface area (Å²) in [6.07, 6.45) is 5.92. The van der Waals surface area contributed by atoms with E-state index in [0.717, 1.165) is 23.1 Å². The summed E-state index contributed by atoms with van der Waals surface area (Å²) in [5.41, 5.74) is 3.25. The number of aromatic nitrogens is 2. The van der Waals surface area contributed by atoms with Crippen molar-refractivity contribution in [3.63, 3.8) is 0 Å². The molecule has 1 aromatic carbocycles. The zero-order chi connectivity index (χ0) is 18.0. The van der Waals surface area contributed by atoms with Gasteiger partial charge in [0.1, 0.15) is 11.6 Å². The molecule has 1 atom stereocenters. The molecule has 1 amide bonds. The second-order valence-corrected chi connectivity index (χ2v) is 7.08. The standard InChI is InChI=1S/C18H19Cl2N3O2/c1-11(13-7-6-12-4-2-3-5-14(12)8-13)22-16(24)10-23-18(25)17(20)15(19)9-21-23/h6-9,11H,2-5,10H2,1H3,(H,22,24)/t11-/m1/s1. The molecule has 0 saturated carbocycles. The number of halogens is 2. The first kappa shape index (κ1) is 18.0. The number of nitrogens with one attached hydrogen (secondary N) is 1. The molecule has 0 fully saturated rings. The van der Waals surface area contributed by atoms with Gasteiger partial charge in [-0.25, -0.2) is 4.68 Å². The fraction of sp³-hybridized carbons (Fsp3) is 0.389. The van der Waals surface area contributed by atoms with Gasteiger partial charge in [0.25, 0.3) is 5.56 Å². The predicted octanol–water partition coefficient (Wildman–Crippen LogP) is 3.31. The Hall–Kier alpha value is -1.85. The van der Waals surface area contributed by atoms with Gasteiger partial charge in [-0.3, -0.25) is 9.59 Å². The van der Waals surface area contributed by atoms with E-state index in [0.29, 0.717) is 0 Å². The molecule has 0 spiro atoms. The number of nitrogens with zero attached hydrogens (tertiary/aromatic N) is 2. The van der Waals surface area contributed by atoms with Crippen LogP contribution in [0.4, 0.5) is 0 Å². The molecular formula is C18H19Cl2N3O2. The van der Waals surface area contributed by atoms with E-state index in [4.69, 9.17) is 23.2 Å². The zero-order valence-electron chi connectivity index (χ0n) is 13.9. The van der Waals surface area contributed by atoms with Crippen molar-refractivity contribution < 1.29 is 4.79 Å². The van der Waals surface area contributed by atoms with Crippen molar-refractivity contribution in [1.29, 1.82) is 0 Å². The maximum absolute atomic E-state index is 12.2. The van der Waals surface area contributed by atoms with Crippen molar-refractivity contribution in [2.45, 2.75) is 45.2 Å². The molecule has 1 aromatic heterocycles. The maximum atomic E-state index is 12.2. The van der Waals surface area contributed by atoms with Gasteiger partial charge in [0.2, 0.25) is 5.91 Å². The first-order valence-electron chi connectivity index (χ1n) is 8.28. The molecule has 0 aliphatic heterocycles. The van der Waals surface area contributed by atoms with Gasteiger partial charge in [-0.2, -0.15) is 5.10 Å². The molecular weight excluding hydrogens is 361 g/mol. The minimum atomic E-state index is -0.578. The normalized spacial score (nSPS) is 14.7. The number of benzene rings is 1. The molecule has 0 saturated heterocycles. The van der Waals surface area contributed by atoms with Crippen LogP contribution in [-0.2, 0) is 24.2 Å². The Bertz CT molecular complexity index is 864. The molecule has 0 bridgehead atoms. The van der Waals surface area contributed by atoms with E-state index >= 15 is 0 Å². The lowest BCUT2D eigenvalue weighted by Crippen LogP contribution is -2.35. The summed E-state index contributed by atoms with van der Waals surface area (Å²) in [7, 11) is 0. The third-order valence-electron chi connectivity index (χ3n) is 4.49. The maximum Gasteiger partial charge on any atom is 0.287 e. The first-order valence-corrected chi connectivity index (χ1v) is 9.03. The van der Waals surface area contributed by atoms with E-state index in [1.807, 2.05) is 6.92 Å². The highest BCUT2D eigenvalue weighted by molar-refractivity contribution is 6.41. The highest BCUT2D eigenvalue weighted by Gasteiger charge is 2.16. The fourth-order valence-electron chi connectivity index (χ4n) is 3.09. The molecule has 25 heavy (non-hydrogen) atoms. The molecule has 2 aromatic rings. The van der Waals surface area contributed by atoms with Gasteiger partial charge in [-0.05, 0) is 49.3 Å². The predicted molar refractivity (Wildman–Crippen MR) is 98.2 cm³/mol. The van der Waals surface area contributed by atoms with Crippen molar-refractivity contribution in [1.82, 2.24) is 15.1 Å². The minimum Gasteiger partial charge on any atom is -0.348 e. The van der Waals surface area contributed by atoms with Crippen LogP contribution in [0, 0.1) is 0 Å². The van der Waals surface area contributed by atoms with E-state index in [1.54, 1.807) is 0 Å². The third-order valence-corrected chi connectivity index (χ3v) is 5.23. The van der Waals surface area contributed by atoms with Gasteiger partial charge >= 0.3 is 0 Å². The number of hydrogen-bond donors (Lipinski definition) is 1. The first-order chi connectivity index (χ1) is 12.0. The van der Waals surface area contributed by atoms with E-state index in [1.165, 1.54) is 30.2 Å². The average molecular weight is 380 g/mol. The smallest absolute Gasteiger partial charge is 0.287 e. The van der Waals surface area contributed by atoms with Gasteiger partial charge in [0.05, 0.1) is 17.3 Å². The Morgan fingerprint density at radius 3 is 2.76 bits per heavy atom. The lowest BCUT2D eigenvalue weighted by molar-refractivity contribution is -0.122. The SMILES string of the molecule is C[C@@H](NC(=O)Cn1ncc(Cl)c(Cl)c1=O)c1ccc2c(c1)CCCC2. The number of carbonyl (C=O) groups excluding carboxylic acids is 1. The van der Waals surface area contributed by atoms with Gasteiger partial charge in [0, 0.05) is 0 Å². The minimum absolute atomic E-state index is 0.0748. The topological polar surface area (TPSA) is 64.0 Å². The molecule has 3 rings (SSSR count). The fourth-order valence-corrected chi connectivity index (χ4v) is 3.36. The molecule has 132 valence electrons. The van der Waals surface area contributed by atoms with Crippen LogP contribution < -0.4 is 10.9 Å². The summed E-state index contributed by atoms with van der Waals surface area (Å²) in [5, 5.41) is 6.68. The largest absolute Gasteiger partial charge is 0.348 e. The summed E-state index contributed by atoms with van der Waals surface area (Å²) in [5.74, 6) is -0.307. The molecule has 0 radical (unpaired) electrons. The Labute approximate surface area is 155 Å². The molecule has 1 aliphatic carbocycles. The number of rotatable bonds is 4. The van der Waals surface area contributed by atoms with Crippen LogP contribution in [0.1, 0.15) is 42.5 Å². The van der Waals surface area contributed by atoms with Crippen LogP contribution in [0.5, 0.6) is 0 Å². The van der Waals surface area contributed by atoms with Gasteiger partial charge in [-0.15, -0.1) is 0 Å². The van der Waals surface area contributed by atoms with E-state index in [9.17, 15) is 9.59 Å². The van der Waals surface area contributed by atoms with Crippen LogP contribution in [0.2, 0.25) is 10.0 Å². The number of hydrogen-bond acceptors (Lipinski definition) is 3. The molecule has 1 N–H and O–H groups in total. The summed E-state index contributed by atoms with van der Waals surface area (Å²) in [6.45, 7) is 1.72. The average Bonchev–Trinajstić information content (AvgIpc) is 2.61. The monoisotopic (exact) mass is 379 g/mol. The highest BCUT2D eigenvalue weighted by atomic mass is 35.5. The lowest BCUT2D eigenvalue weighted by Gasteiger charge is -2.20. The number of aryl methyl sites for hydroxylation is 2. The molecule has 5 nitrogen and oxygen atoms in total. The van der Waals surface area contributed by atoms with Crippen LogP contribution in [0.25, 0.3) is 0 Å². The second-order valence-electron chi connectivity index (χ2n) is 6.29. The van der Waals surface area contributed by atoms with Crippen LogP contribution in [-0.4, -0.2) is 15.7 Å². The number of fused-ring (bicyclic) bond motifs is 1. The van der Waals surface area contributed by atoms with Crippen molar-refractivity contribution >= 4 is 29.1 Å².